The molecule has 0 atom stereocenters. The van der Waals surface area contributed by atoms with E-state index < -0.39 is 0 Å². The van der Waals surface area contributed by atoms with Crippen LogP contribution < -0.4 is 10.6 Å². The molecule has 0 aromatic rings. The summed E-state index contributed by atoms with van der Waals surface area (Å²) in [6, 6.07) is 1.07. The lowest BCUT2D eigenvalue weighted by molar-refractivity contribution is -0.123. The van der Waals surface area contributed by atoms with Gasteiger partial charge in [0.2, 0.25) is 5.91 Å². The van der Waals surface area contributed by atoms with Crippen molar-refractivity contribution in [2.45, 2.75) is 78.3 Å². The zero-order valence-electron chi connectivity index (χ0n) is 12.5. The van der Waals surface area contributed by atoms with Crippen LogP contribution in [0.4, 0.5) is 0 Å². The Morgan fingerprint density at radius 3 is 2.17 bits per heavy atom. The van der Waals surface area contributed by atoms with Gasteiger partial charge in [-0.1, -0.05) is 27.7 Å². The van der Waals surface area contributed by atoms with Gasteiger partial charge < -0.3 is 10.6 Å². The topological polar surface area (TPSA) is 41.1 Å². The molecule has 0 heterocycles. The van der Waals surface area contributed by atoms with Crippen molar-refractivity contribution < 1.29 is 4.79 Å². The predicted molar refractivity (Wildman–Crippen MR) is 76.6 cm³/mol. The van der Waals surface area contributed by atoms with Crippen molar-refractivity contribution in [3.63, 3.8) is 0 Å². The predicted octanol–water partition coefficient (Wildman–Crippen LogP) is 2.85. The Bertz CT molecular complexity index is 250. The van der Waals surface area contributed by atoms with Crippen LogP contribution in [0, 0.1) is 5.41 Å². The third-order valence-corrected chi connectivity index (χ3v) is 3.47. The molecular formula is C15H30N2O. The summed E-state index contributed by atoms with van der Waals surface area (Å²) in [5, 5.41) is 6.76. The highest BCUT2D eigenvalue weighted by atomic mass is 16.1. The molecule has 1 saturated carbocycles. The molecule has 3 heteroatoms. The highest BCUT2D eigenvalue weighted by Gasteiger charge is 2.23. The molecule has 0 unspecified atom stereocenters. The van der Waals surface area contributed by atoms with Gasteiger partial charge in [-0.25, -0.2) is 0 Å². The Labute approximate surface area is 112 Å². The average molecular weight is 254 g/mol. The van der Waals surface area contributed by atoms with Gasteiger partial charge in [-0.05, 0) is 44.1 Å². The second-order valence-electron chi connectivity index (χ2n) is 6.81. The Hall–Kier alpha value is -0.570. The zero-order chi connectivity index (χ0) is 13.6. The summed E-state index contributed by atoms with van der Waals surface area (Å²) in [6.45, 7) is 9.64. The maximum absolute atomic E-state index is 11.9. The molecule has 0 aromatic heterocycles. The lowest BCUT2D eigenvalue weighted by Crippen LogP contribution is -2.43. The first-order valence-corrected chi connectivity index (χ1v) is 7.43. The molecule has 106 valence electrons. The van der Waals surface area contributed by atoms with E-state index in [1.165, 1.54) is 19.3 Å². The van der Waals surface area contributed by atoms with E-state index in [1.807, 2.05) is 0 Å². The molecule has 2 N–H and O–H groups in total. The SMILES string of the molecule is CCCNC1CCC(NC(=O)CC(C)(C)C)CC1. The van der Waals surface area contributed by atoms with Crippen molar-refractivity contribution in [1.29, 1.82) is 0 Å². The molecule has 1 amide bonds. The van der Waals surface area contributed by atoms with Gasteiger partial charge >= 0.3 is 0 Å². The van der Waals surface area contributed by atoms with Gasteiger partial charge in [-0.3, -0.25) is 4.79 Å². The average Bonchev–Trinajstić information content (AvgIpc) is 2.25. The fourth-order valence-electron chi connectivity index (χ4n) is 2.55. The lowest BCUT2D eigenvalue weighted by Gasteiger charge is -2.30. The molecule has 0 aromatic carbocycles. The van der Waals surface area contributed by atoms with Crippen molar-refractivity contribution in [1.82, 2.24) is 10.6 Å². The Balaban J connectivity index is 2.21. The highest BCUT2D eigenvalue weighted by molar-refractivity contribution is 5.76. The minimum absolute atomic E-state index is 0.0873. The monoisotopic (exact) mass is 254 g/mol. The van der Waals surface area contributed by atoms with Crippen molar-refractivity contribution >= 4 is 5.91 Å². The molecule has 0 saturated heterocycles. The standard InChI is InChI=1S/C15H30N2O/c1-5-10-16-12-6-8-13(9-7-12)17-14(18)11-15(2,3)4/h12-13,16H,5-11H2,1-4H3,(H,17,18). The van der Waals surface area contributed by atoms with E-state index in [4.69, 9.17) is 0 Å². The summed E-state index contributed by atoms with van der Waals surface area (Å²) in [5.41, 5.74) is 0.0873. The van der Waals surface area contributed by atoms with Gasteiger partial charge in [0.15, 0.2) is 0 Å². The van der Waals surface area contributed by atoms with E-state index >= 15 is 0 Å². The van der Waals surface area contributed by atoms with Crippen LogP contribution in [-0.4, -0.2) is 24.5 Å². The molecule has 0 aliphatic heterocycles. The minimum Gasteiger partial charge on any atom is -0.353 e. The zero-order valence-corrected chi connectivity index (χ0v) is 12.5. The molecule has 1 aliphatic carbocycles. The number of rotatable bonds is 5. The number of nitrogens with one attached hydrogen (secondary N) is 2. The first-order chi connectivity index (χ1) is 8.40. The molecule has 18 heavy (non-hydrogen) atoms. The highest BCUT2D eigenvalue weighted by Crippen LogP contribution is 2.21. The smallest absolute Gasteiger partial charge is 0.220 e. The Morgan fingerprint density at radius 2 is 1.67 bits per heavy atom. The number of hydrogen-bond donors (Lipinski definition) is 2. The van der Waals surface area contributed by atoms with Crippen LogP contribution in [0.15, 0.2) is 0 Å². The van der Waals surface area contributed by atoms with Gasteiger partial charge in [0.1, 0.15) is 0 Å². The minimum atomic E-state index is 0.0873. The van der Waals surface area contributed by atoms with Gasteiger partial charge in [-0.15, -0.1) is 0 Å². The van der Waals surface area contributed by atoms with Crippen LogP contribution in [0.2, 0.25) is 0 Å². The van der Waals surface area contributed by atoms with E-state index in [0.29, 0.717) is 18.5 Å². The third kappa shape index (κ3) is 6.39. The van der Waals surface area contributed by atoms with E-state index in [1.54, 1.807) is 0 Å². The summed E-state index contributed by atoms with van der Waals surface area (Å²) >= 11 is 0. The molecule has 3 nitrogen and oxygen atoms in total. The number of carbonyl (C=O) groups excluding carboxylic acids is 1. The summed E-state index contributed by atoms with van der Waals surface area (Å²) < 4.78 is 0. The molecule has 1 aliphatic rings. The van der Waals surface area contributed by atoms with Crippen LogP contribution >= 0.6 is 0 Å². The van der Waals surface area contributed by atoms with E-state index in [2.05, 4.69) is 38.3 Å². The maximum atomic E-state index is 11.9. The number of amides is 1. The van der Waals surface area contributed by atoms with E-state index in [-0.39, 0.29) is 11.3 Å². The van der Waals surface area contributed by atoms with Crippen molar-refractivity contribution in [3.05, 3.63) is 0 Å². The summed E-state index contributed by atoms with van der Waals surface area (Å²) in [5.74, 6) is 0.215. The van der Waals surface area contributed by atoms with Gasteiger partial charge in [-0.2, -0.15) is 0 Å². The van der Waals surface area contributed by atoms with E-state index in [0.717, 1.165) is 19.4 Å². The Morgan fingerprint density at radius 1 is 1.11 bits per heavy atom. The molecule has 1 fully saturated rings. The molecule has 0 bridgehead atoms. The summed E-state index contributed by atoms with van der Waals surface area (Å²) in [4.78, 5) is 11.9. The van der Waals surface area contributed by atoms with Crippen molar-refractivity contribution in [3.8, 4) is 0 Å². The molecular weight excluding hydrogens is 224 g/mol. The summed E-state index contributed by atoms with van der Waals surface area (Å²) in [6.07, 6.45) is 6.46. The van der Waals surface area contributed by atoms with Gasteiger partial charge in [0.25, 0.3) is 0 Å². The number of carbonyl (C=O) groups is 1. The first kappa shape index (κ1) is 15.5. The van der Waals surface area contributed by atoms with Crippen molar-refractivity contribution in [2.75, 3.05) is 6.54 Å². The third-order valence-electron chi connectivity index (χ3n) is 3.47. The first-order valence-electron chi connectivity index (χ1n) is 7.43. The second-order valence-corrected chi connectivity index (χ2v) is 6.81. The summed E-state index contributed by atoms with van der Waals surface area (Å²) in [7, 11) is 0. The van der Waals surface area contributed by atoms with Crippen LogP contribution in [0.25, 0.3) is 0 Å². The fraction of sp³-hybridized carbons (Fsp3) is 0.933. The van der Waals surface area contributed by atoms with Crippen molar-refractivity contribution in [2.24, 2.45) is 5.41 Å². The van der Waals surface area contributed by atoms with Crippen LogP contribution in [0.1, 0.15) is 66.2 Å². The maximum Gasteiger partial charge on any atom is 0.220 e. The Kier molecular flexibility index (Phi) is 6.13. The quantitative estimate of drug-likeness (QED) is 0.792. The second kappa shape index (κ2) is 7.13. The van der Waals surface area contributed by atoms with Crippen LogP contribution in [0.5, 0.6) is 0 Å². The van der Waals surface area contributed by atoms with E-state index in [9.17, 15) is 4.79 Å². The molecule has 1 rings (SSSR count). The lowest BCUT2D eigenvalue weighted by atomic mass is 9.89. The normalized spacial score (nSPS) is 24.9. The van der Waals surface area contributed by atoms with Crippen LogP contribution in [0.3, 0.4) is 0 Å². The van der Waals surface area contributed by atoms with Crippen LogP contribution in [-0.2, 0) is 4.79 Å². The molecule has 0 spiro atoms. The number of hydrogen-bond acceptors (Lipinski definition) is 2. The van der Waals surface area contributed by atoms with Gasteiger partial charge in [0, 0.05) is 18.5 Å². The fourth-order valence-corrected chi connectivity index (χ4v) is 2.55. The molecule has 0 radical (unpaired) electrons. The largest absolute Gasteiger partial charge is 0.353 e. The van der Waals surface area contributed by atoms with Gasteiger partial charge in [0.05, 0.1) is 0 Å².